The maximum atomic E-state index is 10.2. The van der Waals surface area contributed by atoms with Gasteiger partial charge in [0, 0.05) is 16.5 Å². The van der Waals surface area contributed by atoms with E-state index in [-0.39, 0.29) is 11.8 Å². The van der Waals surface area contributed by atoms with Crippen LogP contribution >= 0.6 is 11.8 Å². The molecule has 0 fully saturated rings. The van der Waals surface area contributed by atoms with Crippen molar-refractivity contribution in [1.29, 1.82) is 0 Å². The van der Waals surface area contributed by atoms with Crippen LogP contribution in [0.5, 0.6) is 5.75 Å². The minimum absolute atomic E-state index is 0.242. The highest BCUT2D eigenvalue weighted by Gasteiger charge is 2.18. The predicted molar refractivity (Wildman–Crippen MR) is 76.2 cm³/mol. The Morgan fingerprint density at radius 3 is 2.50 bits per heavy atom. The van der Waals surface area contributed by atoms with Gasteiger partial charge in [-0.05, 0) is 33.1 Å². The third-order valence-electron chi connectivity index (χ3n) is 2.97. The van der Waals surface area contributed by atoms with Crippen molar-refractivity contribution < 1.29 is 5.11 Å². The molecule has 0 bridgehead atoms. The quantitative estimate of drug-likeness (QED) is 0.853. The molecule has 0 aliphatic heterocycles. The van der Waals surface area contributed by atoms with E-state index in [1.165, 1.54) is 0 Å². The van der Waals surface area contributed by atoms with Crippen molar-refractivity contribution in [2.45, 2.75) is 31.7 Å². The van der Waals surface area contributed by atoms with Crippen molar-refractivity contribution in [3.8, 4) is 17.0 Å². The fourth-order valence-corrected chi connectivity index (χ4v) is 2.63. The molecule has 1 aromatic carbocycles. The van der Waals surface area contributed by atoms with Crippen LogP contribution in [0.25, 0.3) is 11.3 Å². The lowest BCUT2D eigenvalue weighted by atomic mass is 10.1. The summed E-state index contributed by atoms with van der Waals surface area (Å²) in [7, 11) is 0. The molecule has 0 radical (unpaired) electrons. The number of thioether (sulfide) groups is 1. The van der Waals surface area contributed by atoms with Gasteiger partial charge in [-0.1, -0.05) is 18.2 Å². The number of hydrogen-bond acceptors (Lipinski definition) is 3. The molecule has 0 unspecified atom stereocenters. The summed E-state index contributed by atoms with van der Waals surface area (Å²) in [5, 5.41) is 14.8. The minimum Gasteiger partial charge on any atom is -0.504 e. The molecule has 0 saturated heterocycles. The smallest absolute Gasteiger partial charge is 0.164 e. The molecule has 0 amide bonds. The molecule has 96 valence electrons. The van der Waals surface area contributed by atoms with Crippen molar-refractivity contribution >= 4 is 11.8 Å². The summed E-state index contributed by atoms with van der Waals surface area (Å²) >= 11 is 1.66. The Morgan fingerprint density at radius 1 is 1.28 bits per heavy atom. The molecule has 2 rings (SSSR count). The van der Waals surface area contributed by atoms with Crippen LogP contribution in [-0.2, 0) is 0 Å². The Bertz CT molecular complexity index is 561. The molecule has 0 aliphatic carbocycles. The molecule has 18 heavy (non-hydrogen) atoms. The van der Waals surface area contributed by atoms with Crippen LogP contribution in [0.1, 0.15) is 25.6 Å². The summed E-state index contributed by atoms with van der Waals surface area (Å²) < 4.78 is 1.86. The molecule has 2 aromatic rings. The van der Waals surface area contributed by atoms with Gasteiger partial charge in [0.15, 0.2) is 5.75 Å². The Kier molecular flexibility index (Phi) is 3.66. The second-order valence-corrected chi connectivity index (χ2v) is 5.37. The van der Waals surface area contributed by atoms with E-state index in [1.54, 1.807) is 11.8 Å². The highest BCUT2D eigenvalue weighted by molar-refractivity contribution is 7.98. The first-order valence-corrected chi connectivity index (χ1v) is 7.20. The lowest BCUT2D eigenvalue weighted by molar-refractivity contribution is 0.461. The molecule has 1 heterocycles. The Balaban J connectivity index is 2.61. The lowest BCUT2D eigenvalue weighted by Gasteiger charge is -2.07. The number of hydrogen-bond donors (Lipinski definition) is 1. The van der Waals surface area contributed by atoms with Crippen LogP contribution in [-0.4, -0.2) is 21.1 Å². The number of aromatic hydroxyl groups is 1. The van der Waals surface area contributed by atoms with Gasteiger partial charge < -0.3 is 5.11 Å². The van der Waals surface area contributed by atoms with Crippen LogP contribution in [0, 0.1) is 6.92 Å². The monoisotopic (exact) mass is 262 g/mol. The van der Waals surface area contributed by atoms with E-state index in [4.69, 9.17) is 0 Å². The van der Waals surface area contributed by atoms with Crippen molar-refractivity contribution in [2.75, 3.05) is 6.26 Å². The van der Waals surface area contributed by atoms with Crippen LogP contribution in [0.3, 0.4) is 0 Å². The van der Waals surface area contributed by atoms with Crippen LogP contribution in [0.2, 0.25) is 0 Å². The Hall–Kier alpha value is -1.42. The Morgan fingerprint density at radius 2 is 1.94 bits per heavy atom. The largest absolute Gasteiger partial charge is 0.504 e. The van der Waals surface area contributed by atoms with E-state index in [0.717, 1.165) is 16.2 Å². The van der Waals surface area contributed by atoms with Gasteiger partial charge in [-0.15, -0.1) is 11.8 Å². The zero-order valence-corrected chi connectivity index (χ0v) is 12.0. The van der Waals surface area contributed by atoms with Crippen molar-refractivity contribution in [3.05, 3.63) is 30.0 Å². The molecule has 0 saturated carbocycles. The maximum absolute atomic E-state index is 10.2. The van der Waals surface area contributed by atoms with Gasteiger partial charge in [0.1, 0.15) is 5.69 Å². The maximum Gasteiger partial charge on any atom is 0.164 e. The van der Waals surface area contributed by atoms with Crippen molar-refractivity contribution in [2.24, 2.45) is 0 Å². The van der Waals surface area contributed by atoms with Crippen LogP contribution in [0.4, 0.5) is 0 Å². The summed E-state index contributed by atoms with van der Waals surface area (Å²) in [6.45, 7) is 6.01. The van der Waals surface area contributed by atoms with E-state index in [2.05, 4.69) is 18.9 Å². The molecule has 0 spiro atoms. The van der Waals surface area contributed by atoms with Gasteiger partial charge in [0.2, 0.25) is 0 Å². The number of benzene rings is 1. The SMILES string of the molecule is CSc1ccccc1-c1nn(C(C)C)c(C)c1O. The molecule has 0 aliphatic rings. The summed E-state index contributed by atoms with van der Waals surface area (Å²) in [5.74, 6) is 0.283. The molecule has 4 heteroatoms. The number of aromatic nitrogens is 2. The fraction of sp³-hybridized carbons (Fsp3) is 0.357. The third kappa shape index (κ3) is 2.12. The summed E-state index contributed by atoms with van der Waals surface area (Å²) in [6.07, 6.45) is 2.03. The highest BCUT2D eigenvalue weighted by Crippen LogP contribution is 2.37. The molecule has 0 atom stereocenters. The lowest BCUT2D eigenvalue weighted by Crippen LogP contribution is -2.04. The van der Waals surface area contributed by atoms with E-state index >= 15 is 0 Å². The summed E-state index contributed by atoms with van der Waals surface area (Å²) in [5.41, 5.74) is 2.48. The standard InChI is InChI=1S/C14H18N2OS/c1-9(2)16-10(3)14(17)13(15-16)11-7-5-6-8-12(11)18-4/h5-9,17H,1-4H3. The van der Waals surface area contributed by atoms with E-state index in [0.29, 0.717) is 5.69 Å². The summed E-state index contributed by atoms with van der Waals surface area (Å²) in [4.78, 5) is 1.13. The third-order valence-corrected chi connectivity index (χ3v) is 3.77. The average Bonchev–Trinajstić information content (AvgIpc) is 2.66. The number of nitrogens with zero attached hydrogens (tertiary/aromatic N) is 2. The van der Waals surface area contributed by atoms with Crippen molar-refractivity contribution in [3.63, 3.8) is 0 Å². The molecule has 1 aromatic heterocycles. The second-order valence-electron chi connectivity index (χ2n) is 4.52. The van der Waals surface area contributed by atoms with Gasteiger partial charge in [0.25, 0.3) is 0 Å². The first-order chi connectivity index (χ1) is 8.56. The van der Waals surface area contributed by atoms with E-state index in [9.17, 15) is 5.11 Å². The zero-order chi connectivity index (χ0) is 13.3. The van der Waals surface area contributed by atoms with Gasteiger partial charge >= 0.3 is 0 Å². The van der Waals surface area contributed by atoms with Crippen LogP contribution in [0.15, 0.2) is 29.2 Å². The molecule has 3 nitrogen and oxygen atoms in total. The van der Waals surface area contributed by atoms with E-state index in [1.807, 2.05) is 42.1 Å². The Labute approximate surface area is 112 Å². The van der Waals surface area contributed by atoms with Gasteiger partial charge in [0.05, 0.1) is 5.69 Å². The first kappa shape index (κ1) is 13.0. The van der Waals surface area contributed by atoms with Crippen LogP contribution < -0.4 is 0 Å². The van der Waals surface area contributed by atoms with Gasteiger partial charge in [-0.3, -0.25) is 4.68 Å². The van der Waals surface area contributed by atoms with E-state index < -0.39 is 0 Å². The molecular weight excluding hydrogens is 244 g/mol. The van der Waals surface area contributed by atoms with Gasteiger partial charge in [-0.2, -0.15) is 5.10 Å². The van der Waals surface area contributed by atoms with Gasteiger partial charge in [-0.25, -0.2) is 0 Å². The highest BCUT2D eigenvalue weighted by atomic mass is 32.2. The minimum atomic E-state index is 0.242. The zero-order valence-electron chi connectivity index (χ0n) is 11.1. The first-order valence-electron chi connectivity index (χ1n) is 5.97. The number of rotatable bonds is 3. The second kappa shape index (κ2) is 5.06. The normalized spacial score (nSPS) is 11.2. The topological polar surface area (TPSA) is 38.0 Å². The fourth-order valence-electron chi connectivity index (χ4n) is 2.03. The average molecular weight is 262 g/mol. The molecular formula is C14H18N2OS. The predicted octanol–water partition coefficient (Wildman–Crippen LogP) is 3.87. The summed E-state index contributed by atoms with van der Waals surface area (Å²) in [6, 6.07) is 8.25. The van der Waals surface area contributed by atoms with Crippen molar-refractivity contribution in [1.82, 2.24) is 9.78 Å². The molecule has 1 N–H and O–H groups in total.